The zero-order chi connectivity index (χ0) is 13.0. The molecule has 0 aliphatic carbocycles. The van der Waals surface area contributed by atoms with Crippen molar-refractivity contribution in [2.24, 2.45) is 0 Å². The maximum Gasteiger partial charge on any atom is 0.141 e. The van der Waals surface area contributed by atoms with Crippen molar-refractivity contribution < 1.29 is 4.39 Å². The average Bonchev–Trinajstić information content (AvgIpc) is 2.88. The number of nitrogens with zero attached hydrogens (tertiary/aromatic N) is 1. The number of nitrogens with one attached hydrogen (secondary N) is 1. The summed E-state index contributed by atoms with van der Waals surface area (Å²) in [6.45, 7) is 2.76. The molecule has 1 aromatic carbocycles. The van der Waals surface area contributed by atoms with E-state index in [9.17, 15) is 4.39 Å². The van der Waals surface area contributed by atoms with E-state index in [-0.39, 0.29) is 16.9 Å². The van der Waals surface area contributed by atoms with Crippen LogP contribution in [0.15, 0.2) is 29.8 Å². The standard InChI is InChI=1S/C13H14ClFN2S/c1-2-12(13-16-5-6-18-13)17-8-9-3-4-11(15)10(14)7-9/h3-7,12,17H,2,8H2,1H3. The van der Waals surface area contributed by atoms with E-state index in [2.05, 4.69) is 17.2 Å². The molecule has 0 aliphatic rings. The molecule has 1 heterocycles. The minimum Gasteiger partial charge on any atom is -0.304 e. The Morgan fingerprint density at radius 2 is 2.33 bits per heavy atom. The third kappa shape index (κ3) is 3.28. The van der Waals surface area contributed by atoms with Crippen LogP contribution in [0.4, 0.5) is 4.39 Å². The number of halogens is 2. The van der Waals surface area contributed by atoms with Gasteiger partial charge in [-0.15, -0.1) is 11.3 Å². The third-order valence-corrected chi connectivity index (χ3v) is 3.87. The molecule has 0 amide bonds. The van der Waals surface area contributed by atoms with Crippen LogP contribution in [-0.2, 0) is 6.54 Å². The van der Waals surface area contributed by atoms with Gasteiger partial charge in [-0.2, -0.15) is 0 Å². The van der Waals surface area contributed by atoms with Gasteiger partial charge in [-0.25, -0.2) is 9.37 Å². The molecule has 0 aliphatic heterocycles. The van der Waals surface area contributed by atoms with Crippen LogP contribution in [-0.4, -0.2) is 4.98 Å². The Labute approximate surface area is 115 Å². The Hall–Kier alpha value is -0.970. The quantitative estimate of drug-likeness (QED) is 0.891. The van der Waals surface area contributed by atoms with Gasteiger partial charge in [0.2, 0.25) is 0 Å². The molecule has 2 rings (SSSR count). The summed E-state index contributed by atoms with van der Waals surface area (Å²) in [4.78, 5) is 4.30. The first-order valence-electron chi connectivity index (χ1n) is 5.77. The van der Waals surface area contributed by atoms with E-state index in [4.69, 9.17) is 11.6 Å². The van der Waals surface area contributed by atoms with Crippen molar-refractivity contribution in [3.63, 3.8) is 0 Å². The molecule has 0 fully saturated rings. The molecule has 1 atom stereocenters. The highest BCUT2D eigenvalue weighted by atomic mass is 35.5. The second-order valence-electron chi connectivity index (χ2n) is 3.96. The fourth-order valence-corrected chi connectivity index (χ4v) is 2.70. The molecule has 0 bridgehead atoms. The largest absolute Gasteiger partial charge is 0.304 e. The Morgan fingerprint density at radius 1 is 1.50 bits per heavy atom. The van der Waals surface area contributed by atoms with Gasteiger partial charge >= 0.3 is 0 Å². The van der Waals surface area contributed by atoms with Gasteiger partial charge in [0.1, 0.15) is 10.8 Å². The third-order valence-electron chi connectivity index (χ3n) is 2.69. The molecular weight excluding hydrogens is 271 g/mol. The molecule has 2 nitrogen and oxygen atoms in total. The molecule has 2 aromatic rings. The highest BCUT2D eigenvalue weighted by molar-refractivity contribution is 7.09. The molecule has 1 aromatic heterocycles. The lowest BCUT2D eigenvalue weighted by Gasteiger charge is -2.14. The van der Waals surface area contributed by atoms with Crippen LogP contribution in [0.1, 0.15) is 30.0 Å². The number of hydrogen-bond acceptors (Lipinski definition) is 3. The van der Waals surface area contributed by atoms with Crippen LogP contribution in [0.2, 0.25) is 5.02 Å². The average molecular weight is 285 g/mol. The van der Waals surface area contributed by atoms with Gasteiger partial charge in [0.25, 0.3) is 0 Å². The van der Waals surface area contributed by atoms with Crippen molar-refractivity contribution >= 4 is 22.9 Å². The van der Waals surface area contributed by atoms with Gasteiger partial charge in [0, 0.05) is 18.1 Å². The molecule has 5 heteroatoms. The lowest BCUT2D eigenvalue weighted by molar-refractivity contribution is 0.516. The van der Waals surface area contributed by atoms with Crippen molar-refractivity contribution in [3.8, 4) is 0 Å². The van der Waals surface area contributed by atoms with Crippen LogP contribution < -0.4 is 5.32 Å². The van der Waals surface area contributed by atoms with Crippen molar-refractivity contribution in [2.75, 3.05) is 0 Å². The summed E-state index contributed by atoms with van der Waals surface area (Å²) in [5, 5.41) is 6.61. The topological polar surface area (TPSA) is 24.9 Å². The van der Waals surface area contributed by atoms with Crippen LogP contribution in [0, 0.1) is 5.82 Å². The molecule has 0 saturated carbocycles. The fraction of sp³-hybridized carbons (Fsp3) is 0.308. The van der Waals surface area contributed by atoms with Crippen LogP contribution in [0.25, 0.3) is 0 Å². The Kier molecular flexibility index (Phi) is 4.69. The summed E-state index contributed by atoms with van der Waals surface area (Å²) in [5.74, 6) is -0.382. The number of hydrogen-bond donors (Lipinski definition) is 1. The smallest absolute Gasteiger partial charge is 0.141 e. The number of thiazole rings is 1. The highest BCUT2D eigenvalue weighted by Crippen LogP contribution is 2.20. The monoisotopic (exact) mass is 284 g/mol. The Morgan fingerprint density at radius 3 is 2.94 bits per heavy atom. The van der Waals surface area contributed by atoms with E-state index in [1.807, 2.05) is 5.38 Å². The molecule has 18 heavy (non-hydrogen) atoms. The highest BCUT2D eigenvalue weighted by Gasteiger charge is 2.11. The summed E-state index contributed by atoms with van der Waals surface area (Å²) in [6, 6.07) is 5.01. The summed E-state index contributed by atoms with van der Waals surface area (Å²) in [5.41, 5.74) is 0.969. The van der Waals surface area contributed by atoms with E-state index in [1.54, 1.807) is 29.7 Å². The molecule has 1 unspecified atom stereocenters. The van der Waals surface area contributed by atoms with Crippen molar-refractivity contribution in [1.82, 2.24) is 10.3 Å². The van der Waals surface area contributed by atoms with Crippen LogP contribution in [0.5, 0.6) is 0 Å². The van der Waals surface area contributed by atoms with E-state index in [0.29, 0.717) is 6.54 Å². The van der Waals surface area contributed by atoms with Gasteiger partial charge in [-0.3, -0.25) is 0 Å². The lowest BCUT2D eigenvalue weighted by atomic mass is 10.2. The SMILES string of the molecule is CCC(NCc1ccc(F)c(Cl)c1)c1nccs1. The van der Waals surface area contributed by atoms with E-state index < -0.39 is 0 Å². The van der Waals surface area contributed by atoms with Crippen LogP contribution >= 0.6 is 22.9 Å². The van der Waals surface area contributed by atoms with E-state index in [1.165, 1.54) is 6.07 Å². The van der Waals surface area contributed by atoms with Gasteiger partial charge in [0.15, 0.2) is 0 Å². The second-order valence-corrected chi connectivity index (χ2v) is 5.29. The van der Waals surface area contributed by atoms with Crippen molar-refractivity contribution in [1.29, 1.82) is 0 Å². The maximum absolute atomic E-state index is 13.0. The first-order chi connectivity index (χ1) is 8.70. The summed E-state index contributed by atoms with van der Waals surface area (Å²) in [7, 11) is 0. The molecular formula is C13H14ClFN2S. The van der Waals surface area contributed by atoms with E-state index >= 15 is 0 Å². The predicted octanol–water partition coefficient (Wildman–Crippen LogP) is 4.18. The summed E-state index contributed by atoms with van der Waals surface area (Å²) in [6.07, 6.45) is 2.77. The Bertz CT molecular complexity index is 502. The van der Waals surface area contributed by atoms with Crippen molar-refractivity contribution in [3.05, 3.63) is 51.2 Å². The normalized spacial score (nSPS) is 12.6. The maximum atomic E-state index is 13.0. The van der Waals surface area contributed by atoms with Gasteiger partial charge in [-0.1, -0.05) is 24.6 Å². The first-order valence-corrected chi connectivity index (χ1v) is 7.03. The van der Waals surface area contributed by atoms with Crippen LogP contribution in [0.3, 0.4) is 0 Å². The second kappa shape index (κ2) is 6.27. The van der Waals surface area contributed by atoms with Gasteiger partial charge < -0.3 is 5.32 Å². The fourth-order valence-electron chi connectivity index (χ4n) is 1.70. The van der Waals surface area contributed by atoms with Crippen molar-refractivity contribution in [2.45, 2.75) is 25.9 Å². The number of benzene rings is 1. The van der Waals surface area contributed by atoms with Gasteiger partial charge in [0.05, 0.1) is 11.1 Å². The first kappa shape index (κ1) is 13.5. The number of aromatic nitrogens is 1. The summed E-state index contributed by atoms with van der Waals surface area (Å²) < 4.78 is 13.0. The minimum atomic E-state index is -0.382. The predicted molar refractivity (Wildman–Crippen MR) is 73.4 cm³/mol. The zero-order valence-electron chi connectivity index (χ0n) is 9.99. The minimum absolute atomic E-state index is 0.164. The number of rotatable bonds is 5. The lowest BCUT2D eigenvalue weighted by Crippen LogP contribution is -2.20. The molecule has 0 radical (unpaired) electrons. The molecule has 96 valence electrons. The zero-order valence-corrected chi connectivity index (χ0v) is 11.6. The molecule has 1 N–H and O–H groups in total. The summed E-state index contributed by atoms with van der Waals surface area (Å²) >= 11 is 7.39. The Balaban J connectivity index is 1.99. The van der Waals surface area contributed by atoms with Gasteiger partial charge in [-0.05, 0) is 24.1 Å². The van der Waals surface area contributed by atoms with E-state index in [0.717, 1.165) is 17.0 Å². The molecule has 0 saturated heterocycles. The molecule has 0 spiro atoms.